The van der Waals surface area contributed by atoms with Gasteiger partial charge in [0.05, 0.1) is 0 Å². The van der Waals surface area contributed by atoms with E-state index < -0.39 is 5.60 Å². The fourth-order valence-electron chi connectivity index (χ4n) is 2.70. The van der Waals surface area contributed by atoms with Crippen molar-refractivity contribution in [1.82, 2.24) is 4.98 Å². The van der Waals surface area contributed by atoms with Crippen LogP contribution in [0.2, 0.25) is 0 Å². The van der Waals surface area contributed by atoms with E-state index in [1.807, 2.05) is 36.4 Å². The van der Waals surface area contributed by atoms with E-state index in [9.17, 15) is 5.11 Å². The Bertz CT molecular complexity index is 581. The van der Waals surface area contributed by atoms with Crippen LogP contribution in [0.5, 0.6) is 0 Å². The fourth-order valence-corrected chi connectivity index (χ4v) is 2.70. The summed E-state index contributed by atoms with van der Waals surface area (Å²) >= 11 is 0. The molecule has 1 fully saturated rings. The molecule has 3 rings (SSSR count). The standard InChI is InChI=1S/C17H20N2O/c18-16-3-1-2-15(12-16)17(20,9-6-13-4-5-13)14-7-10-19-11-8-14/h1-3,7-8,10-13,20H,4-6,9,18H2. The van der Waals surface area contributed by atoms with E-state index in [0.29, 0.717) is 5.69 Å². The molecule has 3 nitrogen and oxygen atoms in total. The van der Waals surface area contributed by atoms with Crippen molar-refractivity contribution in [3.63, 3.8) is 0 Å². The molecule has 0 saturated heterocycles. The Balaban J connectivity index is 1.97. The van der Waals surface area contributed by atoms with Crippen molar-refractivity contribution < 1.29 is 5.11 Å². The zero-order valence-electron chi connectivity index (χ0n) is 11.5. The first kappa shape index (κ1) is 13.1. The van der Waals surface area contributed by atoms with Crippen molar-refractivity contribution in [2.24, 2.45) is 5.92 Å². The highest BCUT2D eigenvalue weighted by Crippen LogP contribution is 2.41. The Hall–Kier alpha value is -1.87. The molecule has 0 radical (unpaired) electrons. The number of hydrogen-bond donors (Lipinski definition) is 2. The maximum atomic E-state index is 11.3. The van der Waals surface area contributed by atoms with Crippen LogP contribution in [0.25, 0.3) is 0 Å². The number of nitrogen functional groups attached to an aromatic ring is 1. The fraction of sp³-hybridized carbons (Fsp3) is 0.353. The van der Waals surface area contributed by atoms with Gasteiger partial charge in [-0.15, -0.1) is 0 Å². The van der Waals surface area contributed by atoms with Gasteiger partial charge in [-0.25, -0.2) is 0 Å². The molecule has 0 aliphatic heterocycles. The summed E-state index contributed by atoms with van der Waals surface area (Å²) in [6.07, 6.45) is 7.82. The molecular formula is C17H20N2O. The third kappa shape index (κ3) is 2.68. The van der Waals surface area contributed by atoms with Gasteiger partial charge in [0.15, 0.2) is 0 Å². The van der Waals surface area contributed by atoms with Crippen LogP contribution in [-0.2, 0) is 5.60 Å². The van der Waals surface area contributed by atoms with Crippen LogP contribution in [-0.4, -0.2) is 10.1 Å². The molecule has 20 heavy (non-hydrogen) atoms. The van der Waals surface area contributed by atoms with Crippen molar-refractivity contribution in [2.45, 2.75) is 31.3 Å². The molecule has 1 aromatic carbocycles. The molecule has 104 valence electrons. The van der Waals surface area contributed by atoms with Crippen LogP contribution in [0.1, 0.15) is 36.8 Å². The Morgan fingerprint density at radius 1 is 1.15 bits per heavy atom. The van der Waals surface area contributed by atoms with Gasteiger partial charge in [0.25, 0.3) is 0 Å². The van der Waals surface area contributed by atoms with E-state index in [0.717, 1.165) is 29.9 Å². The molecule has 3 heteroatoms. The first-order valence-corrected chi connectivity index (χ1v) is 7.17. The lowest BCUT2D eigenvalue weighted by molar-refractivity contribution is 0.0669. The minimum absolute atomic E-state index is 0.682. The third-order valence-corrected chi connectivity index (χ3v) is 4.13. The van der Waals surface area contributed by atoms with Crippen LogP contribution in [0.15, 0.2) is 48.8 Å². The van der Waals surface area contributed by atoms with Gasteiger partial charge >= 0.3 is 0 Å². The van der Waals surface area contributed by atoms with Crippen LogP contribution < -0.4 is 5.73 Å². The predicted molar refractivity (Wildman–Crippen MR) is 80.0 cm³/mol. The lowest BCUT2D eigenvalue weighted by Crippen LogP contribution is -2.27. The number of anilines is 1. The summed E-state index contributed by atoms with van der Waals surface area (Å²) in [5.74, 6) is 0.782. The highest BCUT2D eigenvalue weighted by molar-refractivity contribution is 5.45. The lowest BCUT2D eigenvalue weighted by Gasteiger charge is -2.29. The zero-order chi connectivity index (χ0) is 14.0. The Labute approximate surface area is 119 Å². The molecule has 2 aromatic rings. The minimum atomic E-state index is -0.971. The van der Waals surface area contributed by atoms with Gasteiger partial charge in [-0.2, -0.15) is 0 Å². The van der Waals surface area contributed by atoms with Gasteiger partial charge in [-0.3, -0.25) is 4.98 Å². The molecule has 1 atom stereocenters. The number of aromatic nitrogens is 1. The molecule has 1 saturated carbocycles. The largest absolute Gasteiger partial charge is 0.399 e. The smallest absolute Gasteiger partial charge is 0.115 e. The monoisotopic (exact) mass is 268 g/mol. The van der Waals surface area contributed by atoms with E-state index in [-0.39, 0.29) is 0 Å². The summed E-state index contributed by atoms with van der Waals surface area (Å²) in [6.45, 7) is 0. The number of pyridine rings is 1. The molecule has 0 bridgehead atoms. The first-order chi connectivity index (χ1) is 9.68. The summed E-state index contributed by atoms with van der Waals surface area (Å²) in [5, 5.41) is 11.3. The first-order valence-electron chi connectivity index (χ1n) is 7.17. The summed E-state index contributed by atoms with van der Waals surface area (Å²) in [7, 11) is 0. The normalized spacial score (nSPS) is 17.6. The van der Waals surface area contributed by atoms with E-state index >= 15 is 0 Å². The average molecular weight is 268 g/mol. The molecule has 1 unspecified atom stereocenters. The summed E-state index contributed by atoms with van der Waals surface area (Å²) in [5.41, 5.74) is 7.34. The predicted octanol–water partition coefficient (Wildman–Crippen LogP) is 3.09. The van der Waals surface area contributed by atoms with Gasteiger partial charge in [0.1, 0.15) is 5.60 Å². The number of nitrogens with zero attached hydrogens (tertiary/aromatic N) is 1. The Morgan fingerprint density at radius 3 is 2.55 bits per heavy atom. The Kier molecular flexibility index (Phi) is 3.45. The van der Waals surface area contributed by atoms with Crippen LogP contribution >= 0.6 is 0 Å². The van der Waals surface area contributed by atoms with Crippen LogP contribution in [0, 0.1) is 5.92 Å². The maximum absolute atomic E-state index is 11.3. The number of hydrogen-bond acceptors (Lipinski definition) is 3. The van der Waals surface area contributed by atoms with Gasteiger partial charge in [0.2, 0.25) is 0 Å². The summed E-state index contributed by atoms with van der Waals surface area (Å²) < 4.78 is 0. The molecule has 1 aromatic heterocycles. The average Bonchev–Trinajstić information content (AvgIpc) is 3.30. The second-order valence-electron chi connectivity index (χ2n) is 5.70. The van der Waals surface area contributed by atoms with Crippen LogP contribution in [0.3, 0.4) is 0 Å². The van der Waals surface area contributed by atoms with Crippen molar-refractivity contribution >= 4 is 5.69 Å². The number of benzene rings is 1. The van der Waals surface area contributed by atoms with Crippen molar-refractivity contribution in [3.05, 3.63) is 59.9 Å². The molecular weight excluding hydrogens is 248 g/mol. The number of rotatable bonds is 5. The third-order valence-electron chi connectivity index (χ3n) is 4.13. The molecule has 1 aliphatic carbocycles. The summed E-state index contributed by atoms with van der Waals surface area (Å²) in [6, 6.07) is 11.3. The topological polar surface area (TPSA) is 59.1 Å². The van der Waals surface area contributed by atoms with E-state index in [4.69, 9.17) is 5.73 Å². The highest BCUT2D eigenvalue weighted by Gasteiger charge is 2.34. The number of aliphatic hydroxyl groups is 1. The molecule has 0 spiro atoms. The van der Waals surface area contributed by atoms with Gasteiger partial charge in [0, 0.05) is 18.1 Å². The molecule has 3 N–H and O–H groups in total. The number of nitrogens with two attached hydrogens (primary N) is 1. The van der Waals surface area contributed by atoms with E-state index in [1.54, 1.807) is 12.4 Å². The van der Waals surface area contributed by atoms with Gasteiger partial charge in [-0.1, -0.05) is 25.0 Å². The second-order valence-corrected chi connectivity index (χ2v) is 5.70. The maximum Gasteiger partial charge on any atom is 0.115 e. The lowest BCUT2D eigenvalue weighted by atomic mass is 9.82. The Morgan fingerprint density at radius 2 is 1.90 bits per heavy atom. The van der Waals surface area contributed by atoms with Crippen molar-refractivity contribution in [3.8, 4) is 0 Å². The second kappa shape index (κ2) is 5.25. The minimum Gasteiger partial charge on any atom is -0.399 e. The molecule has 0 amide bonds. The van der Waals surface area contributed by atoms with E-state index in [2.05, 4.69) is 4.98 Å². The van der Waals surface area contributed by atoms with Crippen molar-refractivity contribution in [1.29, 1.82) is 0 Å². The van der Waals surface area contributed by atoms with Gasteiger partial charge in [-0.05, 0) is 54.2 Å². The molecule has 1 heterocycles. The quantitative estimate of drug-likeness (QED) is 0.819. The highest BCUT2D eigenvalue weighted by atomic mass is 16.3. The summed E-state index contributed by atoms with van der Waals surface area (Å²) in [4.78, 5) is 4.04. The SMILES string of the molecule is Nc1cccc(C(O)(CCC2CC2)c2ccncc2)c1. The van der Waals surface area contributed by atoms with Gasteiger partial charge < -0.3 is 10.8 Å². The van der Waals surface area contributed by atoms with E-state index in [1.165, 1.54) is 12.8 Å². The zero-order valence-corrected chi connectivity index (χ0v) is 11.5. The van der Waals surface area contributed by atoms with Crippen molar-refractivity contribution in [2.75, 3.05) is 5.73 Å². The molecule has 1 aliphatic rings. The van der Waals surface area contributed by atoms with Crippen LogP contribution in [0.4, 0.5) is 5.69 Å².